The summed E-state index contributed by atoms with van der Waals surface area (Å²) in [5, 5.41) is 3.63. The highest BCUT2D eigenvalue weighted by molar-refractivity contribution is 7.22. The fourth-order valence-electron chi connectivity index (χ4n) is 1.02. The van der Waals surface area contributed by atoms with E-state index in [9.17, 15) is 4.39 Å². The first-order valence-electron chi connectivity index (χ1n) is 3.54. The average molecular weight is 219 g/mol. The predicted molar refractivity (Wildman–Crippen MR) is 56.4 cm³/mol. The third-order valence-electron chi connectivity index (χ3n) is 1.58. The molecule has 2 rings (SSSR count). The van der Waals surface area contributed by atoms with Crippen LogP contribution in [0.3, 0.4) is 0 Å². The number of anilines is 1. The van der Waals surface area contributed by atoms with Crippen molar-refractivity contribution in [3.8, 4) is 0 Å². The largest absolute Gasteiger partial charge is 0.365 e. The summed E-state index contributed by atoms with van der Waals surface area (Å²) in [7, 11) is 1.77. The molecule has 2 nitrogen and oxygen atoms in total. The van der Waals surface area contributed by atoms with Crippen LogP contribution in [0.15, 0.2) is 18.2 Å². The van der Waals surface area contributed by atoms with Crippen LogP contribution in [-0.2, 0) is 0 Å². The molecule has 0 unspecified atom stereocenters. The summed E-state index contributed by atoms with van der Waals surface area (Å²) in [5.41, 5.74) is 0.451. The molecule has 0 radical (unpaired) electrons. The first-order chi connectivity index (χ1) is 5.81. The second kappa shape index (κ2) is 3.89. The number of aromatic nitrogens is 1. The highest BCUT2D eigenvalue weighted by atomic mass is 35.5. The summed E-state index contributed by atoms with van der Waals surface area (Å²) in [6.07, 6.45) is 0. The number of nitrogens with one attached hydrogen (secondary N) is 1. The molecule has 5 heteroatoms. The van der Waals surface area contributed by atoms with Crippen LogP contribution in [0.2, 0.25) is 0 Å². The van der Waals surface area contributed by atoms with Crippen LogP contribution >= 0.6 is 23.7 Å². The summed E-state index contributed by atoms with van der Waals surface area (Å²) >= 11 is 1.45. The summed E-state index contributed by atoms with van der Waals surface area (Å²) in [6, 6.07) is 4.97. The molecule has 0 aliphatic carbocycles. The molecule has 13 heavy (non-hydrogen) atoms. The summed E-state index contributed by atoms with van der Waals surface area (Å²) in [5.74, 6) is -0.259. The van der Waals surface area contributed by atoms with E-state index in [1.54, 1.807) is 13.1 Å². The third kappa shape index (κ3) is 1.73. The predicted octanol–water partition coefficient (Wildman–Crippen LogP) is 2.90. The molecule has 0 bridgehead atoms. The van der Waals surface area contributed by atoms with Crippen LogP contribution in [0.25, 0.3) is 10.2 Å². The normalized spacial score (nSPS) is 9.69. The molecule has 1 N–H and O–H groups in total. The number of nitrogens with zero attached hydrogens (tertiary/aromatic N) is 1. The standard InChI is InChI=1S/C8H7FN2S.ClH/c1-10-8-11-7-5(9)3-2-4-6(7)12-8;/h2-4H,1H3,(H,10,11);1H. The van der Waals surface area contributed by atoms with E-state index in [0.29, 0.717) is 5.52 Å². The fourth-order valence-corrected chi connectivity index (χ4v) is 1.86. The van der Waals surface area contributed by atoms with E-state index in [2.05, 4.69) is 10.3 Å². The molecule has 0 saturated carbocycles. The van der Waals surface area contributed by atoms with Gasteiger partial charge in [0, 0.05) is 7.05 Å². The number of halogens is 2. The monoisotopic (exact) mass is 218 g/mol. The average Bonchev–Trinajstić information content (AvgIpc) is 2.49. The number of para-hydroxylation sites is 1. The Kier molecular flexibility index (Phi) is 3.06. The Bertz CT molecular complexity index is 415. The zero-order chi connectivity index (χ0) is 8.55. The van der Waals surface area contributed by atoms with Gasteiger partial charge in [0.05, 0.1) is 4.70 Å². The Morgan fingerprint density at radius 2 is 2.23 bits per heavy atom. The van der Waals surface area contributed by atoms with Crippen LogP contribution in [0, 0.1) is 5.82 Å². The minimum absolute atomic E-state index is 0. The molecule has 0 spiro atoms. The second-order valence-corrected chi connectivity index (χ2v) is 3.39. The molecule has 0 aliphatic rings. The molecule has 1 heterocycles. The molecule has 0 fully saturated rings. The third-order valence-corrected chi connectivity index (χ3v) is 2.62. The van der Waals surface area contributed by atoms with Gasteiger partial charge in [0.25, 0.3) is 0 Å². The summed E-state index contributed by atoms with van der Waals surface area (Å²) in [4.78, 5) is 4.06. The minimum Gasteiger partial charge on any atom is -0.365 e. The highest BCUT2D eigenvalue weighted by Gasteiger charge is 2.05. The zero-order valence-corrected chi connectivity index (χ0v) is 8.51. The first kappa shape index (κ1) is 10.2. The Morgan fingerprint density at radius 1 is 1.46 bits per heavy atom. The molecule has 70 valence electrons. The van der Waals surface area contributed by atoms with Crippen LogP contribution in [0.5, 0.6) is 0 Å². The first-order valence-corrected chi connectivity index (χ1v) is 4.35. The van der Waals surface area contributed by atoms with Gasteiger partial charge in [-0.1, -0.05) is 17.4 Å². The van der Waals surface area contributed by atoms with Gasteiger partial charge in [-0.2, -0.15) is 0 Å². The van der Waals surface area contributed by atoms with E-state index in [1.165, 1.54) is 17.4 Å². The second-order valence-electron chi connectivity index (χ2n) is 2.36. The number of rotatable bonds is 1. The Labute approximate surface area is 85.2 Å². The number of thiazole rings is 1. The highest BCUT2D eigenvalue weighted by Crippen LogP contribution is 2.26. The van der Waals surface area contributed by atoms with Gasteiger partial charge in [0.2, 0.25) is 0 Å². The maximum atomic E-state index is 13.1. The van der Waals surface area contributed by atoms with E-state index in [4.69, 9.17) is 0 Å². The molecule has 0 amide bonds. The number of fused-ring (bicyclic) bond motifs is 1. The molecule has 0 atom stereocenters. The summed E-state index contributed by atoms with van der Waals surface area (Å²) < 4.78 is 13.9. The van der Waals surface area contributed by atoms with Gasteiger partial charge in [0.1, 0.15) is 11.3 Å². The zero-order valence-electron chi connectivity index (χ0n) is 6.87. The van der Waals surface area contributed by atoms with Gasteiger partial charge in [0.15, 0.2) is 5.13 Å². The maximum Gasteiger partial charge on any atom is 0.183 e. The van der Waals surface area contributed by atoms with Crippen molar-refractivity contribution in [1.82, 2.24) is 4.98 Å². The van der Waals surface area contributed by atoms with Crippen molar-refractivity contribution >= 4 is 39.1 Å². The van der Waals surface area contributed by atoms with E-state index in [0.717, 1.165) is 9.83 Å². The van der Waals surface area contributed by atoms with Crippen LogP contribution < -0.4 is 5.32 Å². The topological polar surface area (TPSA) is 24.9 Å². The molecular weight excluding hydrogens is 211 g/mol. The Hall–Kier alpha value is -0.870. The number of hydrogen-bond acceptors (Lipinski definition) is 3. The lowest BCUT2D eigenvalue weighted by atomic mass is 10.3. The van der Waals surface area contributed by atoms with Crippen LogP contribution in [0.1, 0.15) is 0 Å². The smallest absolute Gasteiger partial charge is 0.183 e. The number of hydrogen-bond donors (Lipinski definition) is 1. The summed E-state index contributed by atoms with van der Waals surface area (Å²) in [6.45, 7) is 0. The van der Waals surface area contributed by atoms with Gasteiger partial charge in [-0.05, 0) is 12.1 Å². The van der Waals surface area contributed by atoms with Gasteiger partial charge in [-0.25, -0.2) is 9.37 Å². The Balaban J connectivity index is 0.000000845. The lowest BCUT2D eigenvalue weighted by molar-refractivity contribution is 0.637. The van der Waals surface area contributed by atoms with Crippen LogP contribution in [-0.4, -0.2) is 12.0 Å². The van der Waals surface area contributed by atoms with Crippen molar-refractivity contribution in [3.63, 3.8) is 0 Å². The molecule has 2 aromatic rings. The van der Waals surface area contributed by atoms with Crippen molar-refractivity contribution in [3.05, 3.63) is 24.0 Å². The van der Waals surface area contributed by atoms with Gasteiger partial charge in [-0.15, -0.1) is 12.4 Å². The molecular formula is C8H8ClFN2S. The van der Waals surface area contributed by atoms with E-state index < -0.39 is 0 Å². The maximum absolute atomic E-state index is 13.1. The van der Waals surface area contributed by atoms with E-state index in [1.807, 2.05) is 6.07 Å². The molecule has 1 aromatic heterocycles. The van der Waals surface area contributed by atoms with Crippen molar-refractivity contribution in [2.75, 3.05) is 12.4 Å². The lowest BCUT2D eigenvalue weighted by Gasteiger charge is -1.87. The van der Waals surface area contributed by atoms with Gasteiger partial charge >= 0.3 is 0 Å². The Morgan fingerprint density at radius 3 is 2.85 bits per heavy atom. The van der Waals surface area contributed by atoms with Crippen molar-refractivity contribution in [2.24, 2.45) is 0 Å². The van der Waals surface area contributed by atoms with Gasteiger partial charge < -0.3 is 5.32 Å². The molecule has 0 saturated heterocycles. The molecule has 0 aliphatic heterocycles. The van der Waals surface area contributed by atoms with E-state index >= 15 is 0 Å². The van der Waals surface area contributed by atoms with Crippen LogP contribution in [0.4, 0.5) is 9.52 Å². The van der Waals surface area contributed by atoms with E-state index in [-0.39, 0.29) is 18.2 Å². The lowest BCUT2D eigenvalue weighted by Crippen LogP contribution is -1.84. The van der Waals surface area contributed by atoms with Gasteiger partial charge in [-0.3, -0.25) is 0 Å². The van der Waals surface area contributed by atoms with Crippen molar-refractivity contribution in [1.29, 1.82) is 0 Å². The quantitative estimate of drug-likeness (QED) is 0.796. The SMILES string of the molecule is CNc1nc2c(F)cccc2s1.Cl. The fraction of sp³-hybridized carbons (Fsp3) is 0.125. The van der Waals surface area contributed by atoms with Crippen molar-refractivity contribution < 1.29 is 4.39 Å². The minimum atomic E-state index is -0.259. The van der Waals surface area contributed by atoms with Crippen molar-refractivity contribution in [2.45, 2.75) is 0 Å². The number of benzene rings is 1. The molecule has 1 aromatic carbocycles.